The Morgan fingerprint density at radius 1 is 1.23 bits per heavy atom. The monoisotopic (exact) mass is 354 g/mol. The van der Waals surface area contributed by atoms with Gasteiger partial charge in [0.25, 0.3) is 11.6 Å². The zero-order valence-electron chi connectivity index (χ0n) is 14.2. The van der Waals surface area contributed by atoms with Crippen molar-refractivity contribution in [2.45, 2.75) is 25.4 Å². The van der Waals surface area contributed by atoms with Gasteiger partial charge in [-0.25, -0.2) is 0 Å². The van der Waals surface area contributed by atoms with Crippen molar-refractivity contribution in [1.82, 2.24) is 0 Å². The molecule has 1 aliphatic heterocycles. The average molecular weight is 354 g/mol. The highest BCUT2D eigenvalue weighted by Gasteiger charge is 2.50. The van der Waals surface area contributed by atoms with Gasteiger partial charge in [0.2, 0.25) is 0 Å². The number of rotatable bonds is 6. The predicted octanol–water partition coefficient (Wildman–Crippen LogP) is 2.81. The number of hydrogen-bond acceptors (Lipinski definition) is 5. The maximum atomic E-state index is 12.8. The number of Topliss-reactive ketones (excluding diaryl/α,β-unsaturated/α-hetero) is 1. The van der Waals surface area contributed by atoms with Gasteiger partial charge in [-0.3, -0.25) is 19.7 Å². The number of nitrogens with zero attached hydrogens (tertiary/aromatic N) is 2. The molecular weight excluding hydrogens is 336 g/mol. The van der Waals surface area contributed by atoms with Crippen LogP contribution >= 0.6 is 0 Å². The number of nitro benzene ring substituents is 1. The molecule has 1 amide bonds. The molecule has 0 aliphatic carbocycles. The van der Waals surface area contributed by atoms with Gasteiger partial charge in [0.15, 0.2) is 11.4 Å². The van der Waals surface area contributed by atoms with Gasteiger partial charge in [-0.1, -0.05) is 37.3 Å². The number of benzene rings is 2. The number of fused-ring (bicyclic) bond motifs is 1. The molecule has 1 atom stereocenters. The predicted molar refractivity (Wildman–Crippen MR) is 95.0 cm³/mol. The zero-order chi connectivity index (χ0) is 18.9. The fourth-order valence-electron chi connectivity index (χ4n) is 3.25. The van der Waals surface area contributed by atoms with Crippen LogP contribution in [0.4, 0.5) is 11.4 Å². The topological polar surface area (TPSA) is 101 Å². The molecule has 26 heavy (non-hydrogen) atoms. The van der Waals surface area contributed by atoms with E-state index in [0.717, 1.165) is 6.07 Å². The molecule has 1 N–H and O–H groups in total. The first-order valence-electron chi connectivity index (χ1n) is 8.30. The average Bonchev–Trinajstić information content (AvgIpc) is 2.84. The SMILES string of the molecule is CCCN1C(=O)[C@@](O)(CC(=O)c2cccc([N+](=O)[O-])c2)c2ccccc21. The molecule has 134 valence electrons. The van der Waals surface area contributed by atoms with E-state index < -0.39 is 28.6 Å². The van der Waals surface area contributed by atoms with Crippen molar-refractivity contribution in [3.05, 3.63) is 69.8 Å². The second kappa shape index (κ2) is 6.68. The van der Waals surface area contributed by atoms with Crippen LogP contribution in [0.5, 0.6) is 0 Å². The maximum Gasteiger partial charge on any atom is 0.270 e. The Balaban J connectivity index is 1.96. The van der Waals surface area contributed by atoms with E-state index in [1.807, 2.05) is 6.92 Å². The summed E-state index contributed by atoms with van der Waals surface area (Å²) in [5.41, 5.74) is -1.11. The quantitative estimate of drug-likeness (QED) is 0.488. The van der Waals surface area contributed by atoms with Crippen LogP contribution in [0.25, 0.3) is 0 Å². The molecule has 0 radical (unpaired) electrons. The minimum Gasteiger partial charge on any atom is -0.375 e. The Labute approximate surface area is 150 Å². The van der Waals surface area contributed by atoms with Gasteiger partial charge in [0.1, 0.15) is 0 Å². The van der Waals surface area contributed by atoms with Gasteiger partial charge in [0.05, 0.1) is 17.0 Å². The molecule has 2 aromatic rings. The van der Waals surface area contributed by atoms with E-state index in [0.29, 0.717) is 24.2 Å². The minimum atomic E-state index is -1.96. The number of nitro groups is 1. The van der Waals surface area contributed by atoms with Crippen LogP contribution in [0, 0.1) is 10.1 Å². The fraction of sp³-hybridized carbons (Fsp3) is 0.263. The summed E-state index contributed by atoms with van der Waals surface area (Å²) < 4.78 is 0. The first kappa shape index (κ1) is 17.8. The summed E-state index contributed by atoms with van der Waals surface area (Å²) in [4.78, 5) is 37.3. The number of ketones is 1. The van der Waals surface area contributed by atoms with Crippen molar-refractivity contribution in [2.75, 3.05) is 11.4 Å². The van der Waals surface area contributed by atoms with Crippen molar-refractivity contribution in [3.63, 3.8) is 0 Å². The Hall–Kier alpha value is -3.06. The van der Waals surface area contributed by atoms with E-state index in [9.17, 15) is 24.8 Å². The highest BCUT2D eigenvalue weighted by molar-refractivity contribution is 6.10. The van der Waals surface area contributed by atoms with Crippen LogP contribution in [-0.4, -0.2) is 28.3 Å². The van der Waals surface area contributed by atoms with E-state index in [2.05, 4.69) is 0 Å². The molecule has 0 fully saturated rings. The van der Waals surface area contributed by atoms with Crippen LogP contribution < -0.4 is 4.90 Å². The summed E-state index contributed by atoms with van der Waals surface area (Å²) in [5.74, 6) is -1.07. The van der Waals surface area contributed by atoms with Crippen molar-refractivity contribution < 1.29 is 19.6 Å². The lowest BCUT2D eigenvalue weighted by Crippen LogP contribution is -2.42. The number of para-hydroxylation sites is 1. The van der Waals surface area contributed by atoms with Crippen LogP contribution in [0.15, 0.2) is 48.5 Å². The normalized spacial score (nSPS) is 18.7. The summed E-state index contributed by atoms with van der Waals surface area (Å²) in [6.45, 7) is 2.35. The van der Waals surface area contributed by atoms with E-state index in [-0.39, 0.29) is 11.3 Å². The third kappa shape index (κ3) is 2.86. The molecule has 1 aliphatic rings. The van der Waals surface area contributed by atoms with Gasteiger partial charge in [-0.2, -0.15) is 0 Å². The van der Waals surface area contributed by atoms with Gasteiger partial charge in [-0.15, -0.1) is 0 Å². The van der Waals surface area contributed by atoms with Gasteiger partial charge < -0.3 is 10.0 Å². The van der Waals surface area contributed by atoms with Crippen LogP contribution in [0.1, 0.15) is 35.7 Å². The number of non-ortho nitro benzene ring substituents is 1. The first-order valence-corrected chi connectivity index (χ1v) is 8.30. The van der Waals surface area contributed by atoms with E-state index in [1.54, 1.807) is 24.3 Å². The molecule has 0 aromatic heterocycles. The largest absolute Gasteiger partial charge is 0.375 e. The molecular formula is C19H18N2O5. The highest BCUT2D eigenvalue weighted by atomic mass is 16.6. The van der Waals surface area contributed by atoms with Crippen molar-refractivity contribution in [1.29, 1.82) is 0 Å². The molecule has 7 nitrogen and oxygen atoms in total. The lowest BCUT2D eigenvalue weighted by molar-refractivity contribution is -0.384. The summed E-state index contributed by atoms with van der Waals surface area (Å²) in [5, 5.41) is 22.0. The Morgan fingerprint density at radius 3 is 2.65 bits per heavy atom. The van der Waals surface area contributed by atoms with Crippen molar-refractivity contribution in [3.8, 4) is 0 Å². The molecule has 3 rings (SSSR count). The third-order valence-corrected chi connectivity index (χ3v) is 4.48. The summed E-state index contributed by atoms with van der Waals surface area (Å²) >= 11 is 0. The number of carbonyl (C=O) groups excluding carboxylic acids is 2. The molecule has 0 bridgehead atoms. The van der Waals surface area contributed by atoms with Crippen LogP contribution in [-0.2, 0) is 10.4 Å². The summed E-state index contributed by atoms with van der Waals surface area (Å²) in [6, 6.07) is 12.1. The number of amides is 1. The van der Waals surface area contributed by atoms with E-state index in [4.69, 9.17) is 0 Å². The van der Waals surface area contributed by atoms with Crippen LogP contribution in [0.2, 0.25) is 0 Å². The van der Waals surface area contributed by atoms with E-state index in [1.165, 1.54) is 23.1 Å². The lowest BCUT2D eigenvalue weighted by Gasteiger charge is -2.22. The number of anilines is 1. The summed E-state index contributed by atoms with van der Waals surface area (Å²) in [6.07, 6.45) is 0.235. The third-order valence-electron chi connectivity index (χ3n) is 4.48. The van der Waals surface area contributed by atoms with Gasteiger partial charge in [0, 0.05) is 29.8 Å². The maximum absolute atomic E-state index is 12.8. The fourth-order valence-corrected chi connectivity index (χ4v) is 3.25. The van der Waals surface area contributed by atoms with Gasteiger partial charge >= 0.3 is 0 Å². The molecule has 0 saturated carbocycles. The molecule has 7 heteroatoms. The molecule has 0 spiro atoms. The smallest absolute Gasteiger partial charge is 0.270 e. The number of hydrogen-bond donors (Lipinski definition) is 1. The first-order chi connectivity index (χ1) is 12.4. The second-order valence-corrected chi connectivity index (χ2v) is 6.24. The lowest BCUT2D eigenvalue weighted by atomic mass is 9.88. The Morgan fingerprint density at radius 2 is 1.96 bits per heavy atom. The Bertz CT molecular complexity index is 895. The van der Waals surface area contributed by atoms with Crippen molar-refractivity contribution in [2.24, 2.45) is 0 Å². The zero-order valence-corrected chi connectivity index (χ0v) is 14.2. The van der Waals surface area contributed by atoms with Gasteiger partial charge in [-0.05, 0) is 12.5 Å². The highest BCUT2D eigenvalue weighted by Crippen LogP contribution is 2.42. The Kier molecular flexibility index (Phi) is 4.56. The summed E-state index contributed by atoms with van der Waals surface area (Å²) in [7, 11) is 0. The molecule has 0 saturated heterocycles. The second-order valence-electron chi connectivity index (χ2n) is 6.24. The molecule has 0 unspecified atom stereocenters. The minimum absolute atomic E-state index is 0.0897. The number of carbonyl (C=O) groups is 2. The van der Waals surface area contributed by atoms with Crippen molar-refractivity contribution >= 4 is 23.1 Å². The van der Waals surface area contributed by atoms with E-state index >= 15 is 0 Å². The number of aliphatic hydroxyl groups is 1. The standard InChI is InChI=1S/C19H18N2O5/c1-2-10-20-16-9-4-3-8-15(16)19(24,18(20)23)12-17(22)13-6-5-7-14(11-13)21(25)26/h3-9,11,24H,2,10,12H2,1H3/t19-/m1/s1. The molecule has 2 aromatic carbocycles. The van der Waals surface area contributed by atoms with Crippen LogP contribution in [0.3, 0.4) is 0 Å². The molecule has 1 heterocycles.